The van der Waals surface area contributed by atoms with Crippen molar-refractivity contribution >= 4 is 5.91 Å². The number of nitrogens with zero attached hydrogens (tertiary/aromatic N) is 3. The van der Waals surface area contributed by atoms with Crippen LogP contribution in [-0.4, -0.2) is 67.4 Å². The van der Waals surface area contributed by atoms with Gasteiger partial charge < -0.3 is 23.8 Å². The molecule has 1 aromatic carbocycles. The van der Waals surface area contributed by atoms with E-state index in [1.54, 1.807) is 32.4 Å². The van der Waals surface area contributed by atoms with Crippen LogP contribution < -0.4 is 14.2 Å². The van der Waals surface area contributed by atoms with E-state index in [1.165, 1.54) is 0 Å². The molecule has 8 heteroatoms. The lowest BCUT2D eigenvalue weighted by Crippen LogP contribution is -2.42. The van der Waals surface area contributed by atoms with Crippen LogP contribution in [0.15, 0.2) is 18.2 Å². The molecule has 1 fully saturated rings. The minimum Gasteiger partial charge on any atom is -0.497 e. The zero-order valence-corrected chi connectivity index (χ0v) is 19.9. The van der Waals surface area contributed by atoms with Crippen LogP contribution >= 0.6 is 0 Å². The van der Waals surface area contributed by atoms with Gasteiger partial charge in [-0.2, -0.15) is 4.98 Å². The third kappa shape index (κ3) is 5.21. The first-order valence-corrected chi connectivity index (χ1v) is 11.7. The van der Waals surface area contributed by atoms with Gasteiger partial charge in [0, 0.05) is 56.3 Å². The van der Waals surface area contributed by atoms with Gasteiger partial charge in [0.15, 0.2) is 0 Å². The molecule has 1 aromatic heterocycles. The fraction of sp³-hybridized carbons (Fsp3) is 0.560. The van der Waals surface area contributed by atoms with Gasteiger partial charge in [0.25, 0.3) is 5.91 Å². The Balaban J connectivity index is 1.45. The largest absolute Gasteiger partial charge is 0.497 e. The summed E-state index contributed by atoms with van der Waals surface area (Å²) in [7, 11) is 3.15. The topological polar surface area (TPSA) is 83.0 Å². The number of rotatable bonds is 6. The van der Waals surface area contributed by atoms with E-state index in [4.69, 9.17) is 28.9 Å². The summed E-state index contributed by atoms with van der Waals surface area (Å²) in [5.41, 5.74) is 2.65. The zero-order valence-electron chi connectivity index (χ0n) is 19.9. The smallest absolute Gasteiger partial charge is 0.257 e. The van der Waals surface area contributed by atoms with Crippen LogP contribution in [0.1, 0.15) is 60.0 Å². The van der Waals surface area contributed by atoms with E-state index in [0.717, 1.165) is 42.8 Å². The Morgan fingerprint density at radius 3 is 2.55 bits per heavy atom. The first kappa shape index (κ1) is 23.3. The van der Waals surface area contributed by atoms with E-state index >= 15 is 0 Å². The maximum absolute atomic E-state index is 13.1. The average molecular weight is 456 g/mol. The molecule has 0 atom stereocenters. The number of piperidine rings is 1. The standard InChI is InChI=1S/C25H33N3O5/c1-16(2)23-26-21-10-14-32-13-9-19(21)24(27-23)33-17-7-11-28(12-8-17)25(29)20-6-5-18(30-3)15-22(20)31-4/h5-6,15-17H,7-14H2,1-4H3. The first-order valence-electron chi connectivity index (χ1n) is 11.7. The summed E-state index contributed by atoms with van der Waals surface area (Å²) in [5, 5.41) is 0. The second-order valence-corrected chi connectivity index (χ2v) is 8.75. The van der Waals surface area contributed by atoms with Gasteiger partial charge in [-0.05, 0) is 12.1 Å². The van der Waals surface area contributed by atoms with Crippen molar-refractivity contribution < 1.29 is 23.7 Å². The van der Waals surface area contributed by atoms with E-state index in [9.17, 15) is 4.79 Å². The second kappa shape index (κ2) is 10.4. The molecule has 2 aliphatic rings. The fourth-order valence-corrected chi connectivity index (χ4v) is 4.26. The summed E-state index contributed by atoms with van der Waals surface area (Å²) < 4.78 is 22.7. The van der Waals surface area contributed by atoms with Crippen molar-refractivity contribution in [2.45, 2.75) is 51.6 Å². The molecule has 0 saturated carbocycles. The number of hydrogen-bond acceptors (Lipinski definition) is 7. The molecular weight excluding hydrogens is 422 g/mol. The molecule has 2 aliphatic heterocycles. The molecule has 1 saturated heterocycles. The van der Waals surface area contributed by atoms with Crippen LogP contribution in [0, 0.1) is 0 Å². The maximum Gasteiger partial charge on any atom is 0.257 e. The molecule has 1 amide bonds. The highest BCUT2D eigenvalue weighted by molar-refractivity contribution is 5.97. The molecular formula is C25H33N3O5. The maximum atomic E-state index is 13.1. The number of benzene rings is 1. The lowest BCUT2D eigenvalue weighted by atomic mass is 10.0. The quantitative estimate of drug-likeness (QED) is 0.660. The van der Waals surface area contributed by atoms with Crippen LogP contribution in [0.25, 0.3) is 0 Å². The summed E-state index contributed by atoms with van der Waals surface area (Å²) in [5.74, 6) is 2.86. The normalized spacial score (nSPS) is 16.8. The van der Waals surface area contributed by atoms with E-state index in [0.29, 0.717) is 49.2 Å². The Hall–Kier alpha value is -2.87. The van der Waals surface area contributed by atoms with Gasteiger partial charge in [0.2, 0.25) is 5.88 Å². The van der Waals surface area contributed by atoms with Crippen molar-refractivity contribution in [3.05, 3.63) is 40.8 Å². The number of aromatic nitrogens is 2. The molecule has 3 heterocycles. The molecule has 0 spiro atoms. The van der Waals surface area contributed by atoms with E-state index < -0.39 is 0 Å². The summed E-state index contributed by atoms with van der Waals surface area (Å²) in [6, 6.07) is 5.27. The molecule has 0 bridgehead atoms. The lowest BCUT2D eigenvalue weighted by molar-refractivity contribution is 0.0581. The van der Waals surface area contributed by atoms with Crippen molar-refractivity contribution in [1.82, 2.24) is 14.9 Å². The lowest BCUT2D eigenvalue weighted by Gasteiger charge is -2.32. The number of fused-ring (bicyclic) bond motifs is 1. The Labute approximate surface area is 195 Å². The first-order chi connectivity index (χ1) is 16.0. The highest BCUT2D eigenvalue weighted by Crippen LogP contribution is 2.30. The Bertz CT molecular complexity index is 986. The van der Waals surface area contributed by atoms with Crippen molar-refractivity contribution in [2.24, 2.45) is 0 Å². The van der Waals surface area contributed by atoms with Crippen molar-refractivity contribution in [3.63, 3.8) is 0 Å². The molecule has 0 unspecified atom stereocenters. The van der Waals surface area contributed by atoms with E-state index in [-0.39, 0.29) is 17.9 Å². The monoisotopic (exact) mass is 455 g/mol. The van der Waals surface area contributed by atoms with Crippen molar-refractivity contribution in [1.29, 1.82) is 0 Å². The van der Waals surface area contributed by atoms with E-state index in [2.05, 4.69) is 13.8 Å². The predicted molar refractivity (Wildman–Crippen MR) is 123 cm³/mol. The van der Waals surface area contributed by atoms with Gasteiger partial charge >= 0.3 is 0 Å². The minimum absolute atomic E-state index is 0.00926. The van der Waals surface area contributed by atoms with Gasteiger partial charge in [0.05, 0.1) is 38.7 Å². The molecule has 0 radical (unpaired) electrons. The third-order valence-corrected chi connectivity index (χ3v) is 6.21. The number of likely N-dealkylation sites (tertiary alicyclic amines) is 1. The van der Waals surface area contributed by atoms with Gasteiger partial charge in [-0.3, -0.25) is 4.79 Å². The van der Waals surface area contributed by atoms with Crippen LogP contribution in [0.4, 0.5) is 0 Å². The molecule has 33 heavy (non-hydrogen) atoms. The van der Waals surface area contributed by atoms with E-state index in [1.807, 2.05) is 4.90 Å². The Morgan fingerprint density at radius 1 is 1.09 bits per heavy atom. The highest BCUT2D eigenvalue weighted by Gasteiger charge is 2.28. The number of methoxy groups -OCH3 is 2. The van der Waals surface area contributed by atoms with Crippen LogP contribution in [0.5, 0.6) is 17.4 Å². The zero-order chi connectivity index (χ0) is 23.4. The number of carbonyl (C=O) groups excluding carboxylic acids is 1. The third-order valence-electron chi connectivity index (χ3n) is 6.21. The Kier molecular flexibility index (Phi) is 7.33. The van der Waals surface area contributed by atoms with Crippen LogP contribution in [0.2, 0.25) is 0 Å². The predicted octanol–water partition coefficient (Wildman–Crippen LogP) is 3.42. The summed E-state index contributed by atoms with van der Waals surface area (Å²) in [6.45, 7) is 6.76. The van der Waals surface area contributed by atoms with Gasteiger partial charge in [-0.15, -0.1) is 0 Å². The highest BCUT2D eigenvalue weighted by atomic mass is 16.5. The minimum atomic E-state index is -0.0388. The molecule has 4 rings (SSSR count). The van der Waals surface area contributed by atoms with Crippen molar-refractivity contribution in [2.75, 3.05) is 40.5 Å². The second-order valence-electron chi connectivity index (χ2n) is 8.75. The SMILES string of the molecule is COc1ccc(C(=O)N2CCC(Oc3nc(C(C)C)nc4c3CCOCC4)CC2)c(OC)c1. The summed E-state index contributed by atoms with van der Waals surface area (Å²) >= 11 is 0. The van der Waals surface area contributed by atoms with Gasteiger partial charge in [-0.1, -0.05) is 13.8 Å². The summed E-state index contributed by atoms with van der Waals surface area (Å²) in [4.78, 5) is 24.5. The molecule has 2 aromatic rings. The number of ether oxygens (including phenoxy) is 4. The van der Waals surface area contributed by atoms with Crippen LogP contribution in [-0.2, 0) is 17.6 Å². The fourth-order valence-electron chi connectivity index (χ4n) is 4.26. The average Bonchev–Trinajstić information content (AvgIpc) is 3.09. The molecule has 178 valence electrons. The van der Waals surface area contributed by atoms with Crippen LogP contribution in [0.3, 0.4) is 0 Å². The number of hydrogen-bond donors (Lipinski definition) is 0. The van der Waals surface area contributed by atoms with Gasteiger partial charge in [0.1, 0.15) is 23.4 Å². The number of carbonyl (C=O) groups is 1. The molecule has 8 nitrogen and oxygen atoms in total. The molecule has 0 N–H and O–H groups in total. The molecule has 0 aliphatic carbocycles. The van der Waals surface area contributed by atoms with Gasteiger partial charge in [-0.25, -0.2) is 4.98 Å². The van der Waals surface area contributed by atoms with Crippen molar-refractivity contribution in [3.8, 4) is 17.4 Å². The summed E-state index contributed by atoms with van der Waals surface area (Å²) in [6.07, 6.45) is 3.05. The Morgan fingerprint density at radius 2 is 1.85 bits per heavy atom. The number of amides is 1.